The molecule has 0 atom stereocenters. The summed E-state index contributed by atoms with van der Waals surface area (Å²) < 4.78 is 0. The maximum Gasteiger partial charge on any atom is 0.331 e. The van der Waals surface area contributed by atoms with Crippen molar-refractivity contribution in [1.82, 2.24) is 0 Å². The lowest BCUT2D eigenvalue weighted by Gasteiger charge is -2.04. The van der Waals surface area contributed by atoms with Crippen LogP contribution >= 0.6 is 0 Å². The Hall–Kier alpha value is -2.62. The topological polar surface area (TPSA) is 74.6 Å². The third-order valence-corrected chi connectivity index (χ3v) is 3.27. The first kappa shape index (κ1) is 18.4. The van der Waals surface area contributed by atoms with Crippen LogP contribution in [0.5, 0.6) is 0 Å². The number of carbonyl (C=O) groups is 2. The number of hydrogen-bond acceptors (Lipinski definition) is 2. The van der Waals surface area contributed by atoms with E-state index in [4.69, 9.17) is 5.11 Å². The van der Waals surface area contributed by atoms with Crippen molar-refractivity contribution in [3.63, 3.8) is 0 Å². The number of rotatable bonds is 8. The number of benzene rings is 1. The molecule has 1 aromatic rings. The molecule has 4 heteroatoms. The van der Waals surface area contributed by atoms with Crippen LogP contribution in [0.15, 0.2) is 59.2 Å². The summed E-state index contributed by atoms with van der Waals surface area (Å²) in [5, 5.41) is 18.4. The lowest BCUT2D eigenvalue weighted by Crippen LogP contribution is -2.02. The number of carboxylic acids is 2. The van der Waals surface area contributed by atoms with E-state index in [1.165, 1.54) is 13.0 Å². The van der Waals surface area contributed by atoms with Gasteiger partial charge in [-0.05, 0) is 49.1 Å². The molecule has 0 aliphatic carbocycles. The van der Waals surface area contributed by atoms with Gasteiger partial charge in [-0.1, -0.05) is 43.7 Å². The van der Waals surface area contributed by atoms with E-state index >= 15 is 0 Å². The zero-order valence-corrected chi connectivity index (χ0v) is 13.5. The highest BCUT2D eigenvalue weighted by Crippen LogP contribution is 2.17. The molecule has 0 aromatic heterocycles. The molecule has 0 saturated heterocycles. The summed E-state index contributed by atoms with van der Waals surface area (Å²) in [7, 11) is 0. The number of unbranched alkanes of at least 4 members (excludes halogenated alkanes) is 1. The minimum Gasteiger partial charge on any atom is -0.478 e. The van der Waals surface area contributed by atoms with Gasteiger partial charge in [-0.3, -0.25) is 0 Å². The van der Waals surface area contributed by atoms with Crippen LogP contribution in [0.1, 0.15) is 38.7 Å². The zero-order valence-electron chi connectivity index (χ0n) is 13.5. The lowest BCUT2D eigenvalue weighted by atomic mass is 10.0. The van der Waals surface area contributed by atoms with Crippen molar-refractivity contribution in [2.24, 2.45) is 0 Å². The summed E-state index contributed by atoms with van der Waals surface area (Å²) in [6.45, 7) is 3.48. The highest BCUT2D eigenvalue weighted by molar-refractivity contribution is 5.89. The fourth-order valence-corrected chi connectivity index (χ4v) is 1.99. The number of carboxylic acid groups (broad SMARTS) is 2. The van der Waals surface area contributed by atoms with Gasteiger partial charge < -0.3 is 10.2 Å². The maximum absolute atomic E-state index is 11.4. The fraction of sp³-hybridized carbons (Fsp3) is 0.263. The van der Waals surface area contributed by atoms with Crippen LogP contribution in [-0.2, 0) is 9.59 Å². The average molecular weight is 314 g/mol. The van der Waals surface area contributed by atoms with E-state index in [0.29, 0.717) is 12.0 Å². The first-order valence-corrected chi connectivity index (χ1v) is 7.56. The third kappa shape index (κ3) is 6.78. The normalized spacial score (nSPS) is 13.0. The van der Waals surface area contributed by atoms with Crippen molar-refractivity contribution >= 4 is 18.0 Å². The van der Waals surface area contributed by atoms with E-state index in [2.05, 4.69) is 0 Å². The van der Waals surface area contributed by atoms with Crippen molar-refractivity contribution < 1.29 is 19.8 Å². The van der Waals surface area contributed by atoms with Crippen LogP contribution in [-0.4, -0.2) is 22.2 Å². The Labute approximate surface area is 136 Å². The van der Waals surface area contributed by atoms with Crippen molar-refractivity contribution in [3.8, 4) is 0 Å². The van der Waals surface area contributed by atoms with Gasteiger partial charge in [0, 0.05) is 11.1 Å². The molecule has 0 fully saturated rings. The largest absolute Gasteiger partial charge is 0.478 e. The van der Waals surface area contributed by atoms with Crippen LogP contribution in [0.25, 0.3) is 6.08 Å². The molecular weight excluding hydrogens is 292 g/mol. The Balaban J connectivity index is 3.27. The first-order valence-electron chi connectivity index (χ1n) is 7.56. The minimum absolute atomic E-state index is 0.156. The SMILES string of the molecule is CCCCC(=CC(=Cc1ccccc1)C=C(C)C(=O)O)C(=O)O. The van der Waals surface area contributed by atoms with Crippen LogP contribution < -0.4 is 0 Å². The average Bonchev–Trinajstić information content (AvgIpc) is 2.51. The van der Waals surface area contributed by atoms with Crippen LogP contribution in [0.4, 0.5) is 0 Å². The van der Waals surface area contributed by atoms with Gasteiger partial charge in [0.1, 0.15) is 0 Å². The molecule has 0 amide bonds. The van der Waals surface area contributed by atoms with Crippen LogP contribution in [0, 0.1) is 0 Å². The predicted molar refractivity (Wildman–Crippen MR) is 91.1 cm³/mol. The van der Waals surface area contributed by atoms with Gasteiger partial charge in [0.15, 0.2) is 0 Å². The summed E-state index contributed by atoms with van der Waals surface area (Å²) in [5.41, 5.74) is 1.88. The maximum atomic E-state index is 11.4. The van der Waals surface area contributed by atoms with Gasteiger partial charge in [0.05, 0.1) is 0 Å². The molecule has 0 heterocycles. The highest BCUT2D eigenvalue weighted by Gasteiger charge is 2.08. The Kier molecular flexibility index (Phi) is 7.54. The lowest BCUT2D eigenvalue weighted by molar-refractivity contribution is -0.133. The summed E-state index contributed by atoms with van der Waals surface area (Å²) >= 11 is 0. The summed E-state index contributed by atoms with van der Waals surface area (Å²) in [4.78, 5) is 22.4. The molecule has 122 valence electrons. The zero-order chi connectivity index (χ0) is 17.2. The Morgan fingerprint density at radius 3 is 2.22 bits per heavy atom. The molecule has 0 spiro atoms. The van der Waals surface area contributed by atoms with Crippen LogP contribution in [0.2, 0.25) is 0 Å². The van der Waals surface area contributed by atoms with E-state index in [0.717, 1.165) is 18.4 Å². The molecule has 0 bridgehead atoms. The summed E-state index contributed by atoms with van der Waals surface area (Å²) in [6, 6.07) is 9.38. The molecule has 2 N–H and O–H groups in total. The van der Waals surface area contributed by atoms with Crippen molar-refractivity contribution in [1.29, 1.82) is 0 Å². The molecule has 0 unspecified atom stereocenters. The standard InChI is InChI=1S/C19H22O4/c1-3-4-10-17(19(22)23)13-16(11-14(2)18(20)21)12-15-8-6-5-7-9-15/h5-9,11-13H,3-4,10H2,1-2H3,(H,20,21)(H,22,23). The van der Waals surface area contributed by atoms with E-state index in [1.807, 2.05) is 37.3 Å². The van der Waals surface area contributed by atoms with E-state index in [1.54, 1.807) is 12.2 Å². The second-order valence-electron chi connectivity index (χ2n) is 5.27. The molecular formula is C19H22O4. The second-order valence-corrected chi connectivity index (χ2v) is 5.27. The Morgan fingerprint density at radius 1 is 1.04 bits per heavy atom. The van der Waals surface area contributed by atoms with Crippen molar-refractivity contribution in [2.45, 2.75) is 33.1 Å². The van der Waals surface area contributed by atoms with E-state index < -0.39 is 11.9 Å². The van der Waals surface area contributed by atoms with Gasteiger partial charge in [0.2, 0.25) is 0 Å². The number of aliphatic carboxylic acids is 2. The smallest absolute Gasteiger partial charge is 0.331 e. The number of allylic oxidation sites excluding steroid dienone is 3. The molecule has 23 heavy (non-hydrogen) atoms. The Bertz CT molecular complexity index is 637. The van der Waals surface area contributed by atoms with Crippen molar-refractivity contribution in [2.75, 3.05) is 0 Å². The molecule has 4 nitrogen and oxygen atoms in total. The molecule has 1 rings (SSSR count). The molecule has 0 saturated carbocycles. The molecule has 0 aliphatic heterocycles. The number of hydrogen-bond donors (Lipinski definition) is 2. The van der Waals surface area contributed by atoms with Gasteiger partial charge in [0.25, 0.3) is 0 Å². The summed E-state index contributed by atoms with van der Waals surface area (Å²) in [6.07, 6.45) is 6.95. The summed E-state index contributed by atoms with van der Waals surface area (Å²) in [5.74, 6) is -2.00. The van der Waals surface area contributed by atoms with Crippen molar-refractivity contribution in [3.05, 3.63) is 64.8 Å². The third-order valence-electron chi connectivity index (χ3n) is 3.27. The molecule has 0 aliphatic rings. The highest BCUT2D eigenvalue weighted by atomic mass is 16.4. The van der Waals surface area contributed by atoms with E-state index in [9.17, 15) is 14.7 Å². The van der Waals surface area contributed by atoms with Gasteiger partial charge in [-0.25, -0.2) is 9.59 Å². The predicted octanol–water partition coefficient (Wildman–Crippen LogP) is 4.30. The first-order chi connectivity index (χ1) is 10.9. The fourth-order valence-electron chi connectivity index (χ4n) is 1.99. The van der Waals surface area contributed by atoms with Gasteiger partial charge in [-0.2, -0.15) is 0 Å². The Morgan fingerprint density at radius 2 is 1.70 bits per heavy atom. The minimum atomic E-state index is -1.03. The van der Waals surface area contributed by atoms with Gasteiger partial charge in [-0.15, -0.1) is 0 Å². The quantitative estimate of drug-likeness (QED) is 0.554. The molecule has 0 radical (unpaired) electrons. The monoisotopic (exact) mass is 314 g/mol. The second kappa shape index (κ2) is 9.41. The molecule has 1 aromatic carbocycles. The van der Waals surface area contributed by atoms with Crippen LogP contribution in [0.3, 0.4) is 0 Å². The van der Waals surface area contributed by atoms with E-state index in [-0.39, 0.29) is 11.1 Å². The van der Waals surface area contributed by atoms with Gasteiger partial charge >= 0.3 is 11.9 Å².